The quantitative estimate of drug-likeness (QED) is 0.527. The van der Waals surface area contributed by atoms with Crippen LogP contribution in [0.15, 0.2) is 54.6 Å². The molecule has 1 saturated heterocycles. The van der Waals surface area contributed by atoms with Crippen molar-refractivity contribution in [1.82, 2.24) is 15.3 Å². The van der Waals surface area contributed by atoms with E-state index in [0.717, 1.165) is 38.8 Å². The van der Waals surface area contributed by atoms with Crippen molar-refractivity contribution in [3.05, 3.63) is 60.2 Å². The van der Waals surface area contributed by atoms with Gasteiger partial charge in [0, 0.05) is 20.0 Å². The van der Waals surface area contributed by atoms with Crippen LogP contribution in [0.4, 0.5) is 4.79 Å². The highest BCUT2D eigenvalue weighted by atomic mass is 16.4. The summed E-state index contributed by atoms with van der Waals surface area (Å²) in [6.07, 6.45) is 1.76. The Labute approximate surface area is 172 Å². The van der Waals surface area contributed by atoms with E-state index in [-0.39, 0.29) is 18.4 Å². The third-order valence-electron chi connectivity index (χ3n) is 5.76. The van der Waals surface area contributed by atoms with E-state index in [2.05, 4.69) is 46.7 Å². The lowest BCUT2D eigenvalue weighted by molar-refractivity contribution is -0.109. The van der Waals surface area contributed by atoms with Crippen LogP contribution in [0.25, 0.3) is 11.1 Å². The third kappa shape index (κ3) is 5.43. The van der Waals surface area contributed by atoms with Crippen molar-refractivity contribution in [1.29, 1.82) is 0 Å². The van der Waals surface area contributed by atoms with E-state index in [4.69, 9.17) is 0 Å². The number of nitrogens with zero attached hydrogens (tertiary/aromatic N) is 2. The van der Waals surface area contributed by atoms with Gasteiger partial charge in [0.05, 0.1) is 6.04 Å². The van der Waals surface area contributed by atoms with Gasteiger partial charge in [0.15, 0.2) is 0 Å². The van der Waals surface area contributed by atoms with Crippen LogP contribution in [0.1, 0.15) is 24.8 Å². The summed E-state index contributed by atoms with van der Waals surface area (Å²) in [6, 6.07) is 18.7. The summed E-state index contributed by atoms with van der Waals surface area (Å²) >= 11 is 0. The lowest BCUT2D eigenvalue weighted by Gasteiger charge is -2.39. The SMILES string of the molecule is CNN(C(=O)O)C(CC=O)C1CCN(Cc2ccc(-c3ccccc3)cc2)CC1. The summed E-state index contributed by atoms with van der Waals surface area (Å²) in [6.45, 7) is 2.68. The number of aldehydes is 1. The Balaban J connectivity index is 1.56. The molecule has 2 N–H and O–H groups in total. The van der Waals surface area contributed by atoms with Crippen molar-refractivity contribution in [3.63, 3.8) is 0 Å². The van der Waals surface area contributed by atoms with Crippen molar-refractivity contribution in [2.75, 3.05) is 20.1 Å². The number of amides is 1. The Morgan fingerprint density at radius 1 is 1.14 bits per heavy atom. The molecule has 1 heterocycles. The van der Waals surface area contributed by atoms with Gasteiger partial charge in [0.2, 0.25) is 0 Å². The maximum Gasteiger partial charge on any atom is 0.422 e. The number of carbonyl (C=O) groups excluding carboxylic acids is 1. The molecule has 3 rings (SSSR count). The van der Waals surface area contributed by atoms with Crippen LogP contribution < -0.4 is 5.43 Å². The van der Waals surface area contributed by atoms with Crippen LogP contribution in [0.3, 0.4) is 0 Å². The van der Waals surface area contributed by atoms with E-state index < -0.39 is 6.09 Å². The molecule has 1 amide bonds. The molecule has 2 aromatic carbocycles. The minimum absolute atomic E-state index is 0.181. The molecule has 154 valence electrons. The van der Waals surface area contributed by atoms with E-state index in [0.29, 0.717) is 0 Å². The number of carboxylic acid groups (broad SMARTS) is 1. The summed E-state index contributed by atoms with van der Waals surface area (Å²) in [7, 11) is 1.58. The van der Waals surface area contributed by atoms with E-state index >= 15 is 0 Å². The van der Waals surface area contributed by atoms with Crippen molar-refractivity contribution in [2.45, 2.75) is 31.8 Å². The highest BCUT2D eigenvalue weighted by Crippen LogP contribution is 2.27. The van der Waals surface area contributed by atoms with Gasteiger partial charge in [-0.3, -0.25) is 4.90 Å². The number of nitrogens with one attached hydrogen (secondary N) is 1. The second-order valence-corrected chi connectivity index (χ2v) is 7.52. The first-order chi connectivity index (χ1) is 14.1. The second-order valence-electron chi connectivity index (χ2n) is 7.52. The first-order valence-corrected chi connectivity index (χ1v) is 10.1. The summed E-state index contributed by atoms with van der Waals surface area (Å²) < 4.78 is 0. The van der Waals surface area contributed by atoms with E-state index in [1.54, 1.807) is 7.05 Å². The van der Waals surface area contributed by atoms with Gasteiger partial charge in [0.1, 0.15) is 6.29 Å². The van der Waals surface area contributed by atoms with E-state index in [1.165, 1.54) is 21.7 Å². The van der Waals surface area contributed by atoms with Crippen LogP contribution in [-0.2, 0) is 11.3 Å². The number of benzene rings is 2. The van der Waals surface area contributed by atoms with Crippen LogP contribution >= 0.6 is 0 Å². The summed E-state index contributed by atoms with van der Waals surface area (Å²) in [5.74, 6) is 0.181. The molecule has 0 aliphatic carbocycles. The maximum absolute atomic E-state index is 11.5. The monoisotopic (exact) mass is 395 g/mol. The molecule has 0 bridgehead atoms. The Bertz CT molecular complexity index is 787. The zero-order valence-corrected chi connectivity index (χ0v) is 16.8. The van der Waals surface area contributed by atoms with Crippen molar-refractivity contribution < 1.29 is 14.7 Å². The lowest BCUT2D eigenvalue weighted by atomic mass is 9.87. The molecular weight excluding hydrogens is 366 g/mol. The fraction of sp³-hybridized carbons (Fsp3) is 0.391. The molecule has 0 radical (unpaired) electrons. The van der Waals surface area contributed by atoms with Gasteiger partial charge in [-0.2, -0.15) is 0 Å². The normalized spacial score (nSPS) is 16.3. The number of rotatable bonds is 8. The standard InChI is InChI=1S/C23H29N3O3/c1-24-26(23(28)29)22(13-16-27)21-11-14-25(15-12-21)17-18-7-9-20(10-8-18)19-5-3-2-4-6-19/h2-10,16,21-22,24H,11-15,17H2,1H3,(H,28,29). The van der Waals surface area contributed by atoms with Gasteiger partial charge in [-0.25, -0.2) is 15.2 Å². The highest BCUT2D eigenvalue weighted by molar-refractivity contribution is 5.66. The molecule has 1 fully saturated rings. The average Bonchev–Trinajstić information content (AvgIpc) is 2.75. The minimum atomic E-state index is -1.04. The second kappa shape index (κ2) is 10.2. The Morgan fingerprint density at radius 2 is 1.76 bits per heavy atom. The van der Waals surface area contributed by atoms with Gasteiger partial charge < -0.3 is 9.90 Å². The molecule has 6 heteroatoms. The molecule has 0 spiro atoms. The number of hydrogen-bond acceptors (Lipinski definition) is 4. The molecule has 6 nitrogen and oxygen atoms in total. The maximum atomic E-state index is 11.5. The van der Waals surface area contributed by atoms with Crippen LogP contribution in [0.5, 0.6) is 0 Å². The summed E-state index contributed by atoms with van der Waals surface area (Å²) in [5.41, 5.74) is 6.42. The first kappa shape index (κ1) is 21.0. The van der Waals surface area contributed by atoms with Crippen molar-refractivity contribution in [3.8, 4) is 11.1 Å². The van der Waals surface area contributed by atoms with Gasteiger partial charge >= 0.3 is 6.09 Å². The Kier molecular flexibility index (Phi) is 7.38. The number of piperidine rings is 1. The molecule has 2 aromatic rings. The number of carbonyl (C=O) groups is 2. The Morgan fingerprint density at radius 3 is 2.31 bits per heavy atom. The predicted molar refractivity (Wildman–Crippen MR) is 113 cm³/mol. The minimum Gasteiger partial charge on any atom is -0.464 e. The number of hydrazine groups is 1. The van der Waals surface area contributed by atoms with Gasteiger partial charge in [-0.15, -0.1) is 0 Å². The third-order valence-corrected chi connectivity index (χ3v) is 5.76. The smallest absolute Gasteiger partial charge is 0.422 e. The molecule has 0 aromatic heterocycles. The molecule has 29 heavy (non-hydrogen) atoms. The van der Waals surface area contributed by atoms with Crippen molar-refractivity contribution >= 4 is 12.4 Å². The fourth-order valence-corrected chi connectivity index (χ4v) is 4.20. The molecular formula is C23H29N3O3. The number of likely N-dealkylation sites (tertiary alicyclic amines) is 1. The Hall–Kier alpha value is -2.70. The van der Waals surface area contributed by atoms with Crippen LogP contribution in [-0.4, -0.2) is 53.6 Å². The van der Waals surface area contributed by atoms with Crippen LogP contribution in [0.2, 0.25) is 0 Å². The van der Waals surface area contributed by atoms with Gasteiger partial charge in [-0.05, 0) is 48.5 Å². The molecule has 1 aliphatic rings. The predicted octanol–water partition coefficient (Wildman–Crippen LogP) is 3.64. The zero-order chi connectivity index (χ0) is 20.6. The zero-order valence-electron chi connectivity index (χ0n) is 16.8. The molecule has 1 unspecified atom stereocenters. The lowest BCUT2D eigenvalue weighted by Crippen LogP contribution is -2.52. The summed E-state index contributed by atoms with van der Waals surface area (Å²) in [4.78, 5) is 24.9. The first-order valence-electron chi connectivity index (χ1n) is 10.1. The van der Waals surface area contributed by atoms with Gasteiger partial charge in [-0.1, -0.05) is 54.6 Å². The largest absolute Gasteiger partial charge is 0.464 e. The van der Waals surface area contributed by atoms with Gasteiger partial charge in [0.25, 0.3) is 0 Å². The molecule has 0 saturated carbocycles. The van der Waals surface area contributed by atoms with E-state index in [1.807, 2.05) is 18.2 Å². The topological polar surface area (TPSA) is 72.9 Å². The number of hydrogen-bond donors (Lipinski definition) is 2. The van der Waals surface area contributed by atoms with E-state index in [9.17, 15) is 14.7 Å². The van der Waals surface area contributed by atoms with Crippen LogP contribution in [0, 0.1) is 5.92 Å². The van der Waals surface area contributed by atoms with Crippen molar-refractivity contribution in [2.24, 2.45) is 5.92 Å². The fourth-order valence-electron chi connectivity index (χ4n) is 4.20. The summed E-state index contributed by atoms with van der Waals surface area (Å²) in [5, 5.41) is 10.6. The molecule has 1 atom stereocenters. The molecule has 1 aliphatic heterocycles. The highest BCUT2D eigenvalue weighted by Gasteiger charge is 2.32. The average molecular weight is 396 g/mol.